The number of thiazole rings is 1. The Kier molecular flexibility index (Phi) is 10.1. The predicted molar refractivity (Wildman–Crippen MR) is 115 cm³/mol. The van der Waals surface area contributed by atoms with E-state index in [1.54, 1.807) is 0 Å². The van der Waals surface area contributed by atoms with Crippen molar-refractivity contribution in [2.24, 2.45) is 4.99 Å². The zero-order valence-electron chi connectivity index (χ0n) is 15.3. The van der Waals surface area contributed by atoms with Gasteiger partial charge in [-0.2, -0.15) is 0 Å². The van der Waals surface area contributed by atoms with Gasteiger partial charge in [0.2, 0.25) is 0 Å². The normalized spacial score (nSPS) is 17.0. The monoisotopic (exact) mass is 465 g/mol. The van der Waals surface area contributed by atoms with Gasteiger partial charge in [0.05, 0.1) is 5.01 Å². The van der Waals surface area contributed by atoms with E-state index in [1.807, 2.05) is 24.6 Å². The molecular formula is C17H32IN5S. The molecule has 5 nitrogen and oxygen atoms in total. The van der Waals surface area contributed by atoms with Crippen molar-refractivity contribution in [1.82, 2.24) is 20.5 Å². The Morgan fingerprint density at radius 1 is 1.42 bits per heavy atom. The molecule has 1 saturated heterocycles. The Bertz CT molecular complexity index is 495. The minimum absolute atomic E-state index is 0. The van der Waals surface area contributed by atoms with Crippen LogP contribution in [0.1, 0.15) is 43.5 Å². The summed E-state index contributed by atoms with van der Waals surface area (Å²) in [5, 5.41) is 8.19. The summed E-state index contributed by atoms with van der Waals surface area (Å²) >= 11 is 1.81. The highest BCUT2D eigenvalue weighted by molar-refractivity contribution is 14.0. The highest BCUT2D eigenvalue weighted by Crippen LogP contribution is 2.14. The number of rotatable bonds is 6. The van der Waals surface area contributed by atoms with Crippen molar-refractivity contribution in [1.29, 1.82) is 0 Å². The largest absolute Gasteiger partial charge is 0.356 e. The van der Waals surface area contributed by atoms with Gasteiger partial charge in [-0.15, -0.1) is 35.3 Å². The van der Waals surface area contributed by atoms with Gasteiger partial charge in [0, 0.05) is 56.3 Å². The fourth-order valence-electron chi connectivity index (χ4n) is 2.86. The molecule has 24 heavy (non-hydrogen) atoms. The molecule has 1 aromatic rings. The summed E-state index contributed by atoms with van der Waals surface area (Å²) in [4.78, 5) is 12.7. The molecule has 2 heterocycles. The molecule has 0 radical (unpaired) electrons. The summed E-state index contributed by atoms with van der Waals surface area (Å²) in [6.45, 7) is 9.94. The minimum atomic E-state index is 0. The molecule has 0 spiro atoms. The lowest BCUT2D eigenvalue weighted by Gasteiger charge is -2.35. The number of aryl methyl sites for hydroxylation is 1. The van der Waals surface area contributed by atoms with Crippen LogP contribution in [0.5, 0.6) is 0 Å². The van der Waals surface area contributed by atoms with Gasteiger partial charge in [-0.05, 0) is 33.1 Å². The van der Waals surface area contributed by atoms with E-state index in [4.69, 9.17) is 0 Å². The molecule has 138 valence electrons. The van der Waals surface area contributed by atoms with Crippen LogP contribution >= 0.6 is 35.3 Å². The summed E-state index contributed by atoms with van der Waals surface area (Å²) in [6, 6.07) is 1.18. The van der Waals surface area contributed by atoms with Crippen molar-refractivity contribution in [2.45, 2.75) is 58.5 Å². The lowest BCUT2D eigenvalue weighted by molar-refractivity contribution is 0.167. The fraction of sp³-hybridized carbons (Fsp3) is 0.765. The Morgan fingerprint density at radius 2 is 2.12 bits per heavy atom. The average molecular weight is 465 g/mol. The van der Waals surface area contributed by atoms with Crippen LogP contribution in [0.15, 0.2) is 11.2 Å². The number of nitrogens with zero attached hydrogens (tertiary/aromatic N) is 3. The SMILES string of the molecule is CCc1cnc(CCNC(=NC)NC2CCN(C(C)C)CC2)s1.I. The van der Waals surface area contributed by atoms with E-state index in [0.717, 1.165) is 25.3 Å². The highest BCUT2D eigenvalue weighted by atomic mass is 127. The molecule has 7 heteroatoms. The van der Waals surface area contributed by atoms with Gasteiger partial charge < -0.3 is 15.5 Å². The summed E-state index contributed by atoms with van der Waals surface area (Å²) in [5.74, 6) is 0.917. The van der Waals surface area contributed by atoms with Crippen molar-refractivity contribution in [3.63, 3.8) is 0 Å². The van der Waals surface area contributed by atoms with Gasteiger partial charge in [0.25, 0.3) is 0 Å². The van der Waals surface area contributed by atoms with Crippen LogP contribution in [0.3, 0.4) is 0 Å². The first-order valence-corrected chi connectivity index (χ1v) is 9.58. The van der Waals surface area contributed by atoms with Crippen LogP contribution in [-0.4, -0.2) is 54.6 Å². The topological polar surface area (TPSA) is 52.6 Å². The molecule has 0 saturated carbocycles. The van der Waals surface area contributed by atoms with E-state index in [1.165, 1.54) is 35.8 Å². The second-order valence-electron chi connectivity index (χ2n) is 6.37. The highest BCUT2D eigenvalue weighted by Gasteiger charge is 2.21. The molecule has 2 N–H and O–H groups in total. The maximum Gasteiger partial charge on any atom is 0.191 e. The molecule has 0 unspecified atom stereocenters. The number of nitrogens with one attached hydrogen (secondary N) is 2. The molecule has 1 fully saturated rings. The zero-order chi connectivity index (χ0) is 16.7. The molecule has 0 bridgehead atoms. The maximum atomic E-state index is 4.46. The third-order valence-electron chi connectivity index (χ3n) is 4.41. The van der Waals surface area contributed by atoms with Crippen LogP contribution in [0, 0.1) is 0 Å². The van der Waals surface area contributed by atoms with Crippen LogP contribution in [0.25, 0.3) is 0 Å². The van der Waals surface area contributed by atoms with Crippen LogP contribution in [0.2, 0.25) is 0 Å². The first-order chi connectivity index (χ1) is 11.1. The lowest BCUT2D eigenvalue weighted by Crippen LogP contribution is -2.50. The summed E-state index contributed by atoms with van der Waals surface area (Å²) in [7, 11) is 1.84. The Morgan fingerprint density at radius 3 is 2.67 bits per heavy atom. The molecular weight excluding hydrogens is 433 g/mol. The summed E-state index contributed by atoms with van der Waals surface area (Å²) in [5.41, 5.74) is 0. The molecule has 1 aromatic heterocycles. The molecule has 1 aliphatic heterocycles. The molecule has 0 amide bonds. The predicted octanol–water partition coefficient (Wildman–Crippen LogP) is 2.90. The van der Waals surface area contributed by atoms with Crippen molar-refractivity contribution in [3.8, 4) is 0 Å². The molecule has 1 aliphatic rings. The molecule has 0 aromatic carbocycles. The van der Waals surface area contributed by atoms with Crippen molar-refractivity contribution in [2.75, 3.05) is 26.7 Å². The number of guanidine groups is 1. The summed E-state index contributed by atoms with van der Waals surface area (Å²) < 4.78 is 0. The fourth-order valence-corrected chi connectivity index (χ4v) is 3.73. The second-order valence-corrected chi connectivity index (χ2v) is 7.57. The Labute approximate surface area is 167 Å². The quantitative estimate of drug-likeness (QED) is 0.386. The van der Waals surface area contributed by atoms with Crippen molar-refractivity contribution >= 4 is 41.3 Å². The third-order valence-corrected chi connectivity index (χ3v) is 5.61. The molecule has 0 aliphatic carbocycles. The number of likely N-dealkylation sites (tertiary alicyclic amines) is 1. The second kappa shape index (κ2) is 11.3. The van der Waals surface area contributed by atoms with Crippen molar-refractivity contribution in [3.05, 3.63) is 16.1 Å². The number of aromatic nitrogens is 1. The Hall–Kier alpha value is -0.410. The van der Waals surface area contributed by atoms with Gasteiger partial charge in [-0.25, -0.2) is 4.98 Å². The average Bonchev–Trinajstić information content (AvgIpc) is 3.02. The lowest BCUT2D eigenvalue weighted by atomic mass is 10.0. The van der Waals surface area contributed by atoms with Gasteiger partial charge in [-0.3, -0.25) is 4.99 Å². The molecule has 0 atom stereocenters. The first-order valence-electron chi connectivity index (χ1n) is 8.77. The third kappa shape index (κ3) is 6.84. The number of hydrogen-bond acceptors (Lipinski definition) is 4. The number of aliphatic imine (C=N–C) groups is 1. The van der Waals surface area contributed by atoms with Gasteiger partial charge in [0.15, 0.2) is 5.96 Å². The zero-order valence-corrected chi connectivity index (χ0v) is 18.5. The van der Waals surface area contributed by atoms with Gasteiger partial charge in [-0.1, -0.05) is 6.92 Å². The van der Waals surface area contributed by atoms with Crippen LogP contribution in [-0.2, 0) is 12.8 Å². The van der Waals surface area contributed by atoms with E-state index in [9.17, 15) is 0 Å². The standard InChI is InChI=1S/C17H31N5S.HI/c1-5-15-12-20-16(23-15)6-9-19-17(18-4)21-14-7-10-22(11-8-14)13(2)3;/h12-14H,5-11H2,1-4H3,(H2,18,19,21);1H. The van der Waals surface area contributed by atoms with Gasteiger partial charge in [0.1, 0.15) is 0 Å². The Balaban J connectivity index is 0.00000288. The maximum absolute atomic E-state index is 4.46. The number of piperidine rings is 1. The molecule has 2 rings (SSSR count). The van der Waals surface area contributed by atoms with E-state index in [-0.39, 0.29) is 24.0 Å². The minimum Gasteiger partial charge on any atom is -0.356 e. The van der Waals surface area contributed by atoms with Gasteiger partial charge >= 0.3 is 0 Å². The smallest absolute Gasteiger partial charge is 0.191 e. The first kappa shape index (κ1) is 21.6. The number of halogens is 1. The van der Waals surface area contributed by atoms with Crippen LogP contribution < -0.4 is 10.6 Å². The summed E-state index contributed by atoms with van der Waals surface area (Å²) in [6.07, 6.45) is 6.40. The van der Waals surface area contributed by atoms with E-state index in [2.05, 4.69) is 46.3 Å². The van der Waals surface area contributed by atoms with E-state index in [0.29, 0.717) is 12.1 Å². The van der Waals surface area contributed by atoms with E-state index >= 15 is 0 Å². The van der Waals surface area contributed by atoms with Crippen LogP contribution in [0.4, 0.5) is 0 Å². The van der Waals surface area contributed by atoms with Crippen molar-refractivity contribution < 1.29 is 0 Å². The van der Waals surface area contributed by atoms with E-state index < -0.39 is 0 Å². The number of hydrogen-bond donors (Lipinski definition) is 2.